The van der Waals surface area contributed by atoms with Crippen molar-refractivity contribution in [3.8, 4) is 0 Å². The highest BCUT2D eigenvalue weighted by Gasteiger charge is 2.20. The van der Waals surface area contributed by atoms with Gasteiger partial charge in [0.25, 0.3) is 0 Å². The minimum absolute atomic E-state index is 0.0939. The molecule has 1 fully saturated rings. The van der Waals surface area contributed by atoms with Crippen LogP contribution in [0.5, 0.6) is 0 Å². The molecule has 1 atom stereocenters. The Labute approximate surface area is 132 Å². The maximum Gasteiger partial charge on any atom is 0.234 e. The second kappa shape index (κ2) is 7.58. The Morgan fingerprint density at radius 2 is 1.73 bits per heavy atom. The molecule has 22 heavy (non-hydrogen) atoms. The Kier molecular flexibility index (Phi) is 5.77. The molecule has 5 heteroatoms. The average molecular weight is 307 g/mol. The number of rotatable bonds is 5. The first kappa shape index (κ1) is 16.7. The second-order valence-electron chi connectivity index (χ2n) is 6.34. The van der Waals surface area contributed by atoms with Crippen LogP contribution in [0.2, 0.25) is 0 Å². The smallest absolute Gasteiger partial charge is 0.234 e. The third-order valence-electron chi connectivity index (χ3n) is 4.32. The van der Waals surface area contributed by atoms with Gasteiger partial charge in [0.05, 0.1) is 6.54 Å². The Morgan fingerprint density at radius 1 is 1.14 bits per heavy atom. The van der Waals surface area contributed by atoms with Crippen LogP contribution in [0.25, 0.3) is 0 Å². The van der Waals surface area contributed by atoms with Gasteiger partial charge in [0.2, 0.25) is 5.91 Å². The number of hydrogen-bond acceptors (Lipinski definition) is 3. The number of carbonyl (C=O) groups excluding carboxylic acids is 1. The molecule has 1 amide bonds. The van der Waals surface area contributed by atoms with Crippen molar-refractivity contribution in [1.29, 1.82) is 0 Å². The summed E-state index contributed by atoms with van der Waals surface area (Å²) in [6, 6.07) is 6.79. The summed E-state index contributed by atoms with van der Waals surface area (Å²) in [4.78, 5) is 16.4. The molecule has 0 spiro atoms. The summed E-state index contributed by atoms with van der Waals surface area (Å²) in [5.74, 6) is 0.328. The molecule has 0 radical (unpaired) electrons. The van der Waals surface area contributed by atoms with E-state index >= 15 is 0 Å². The summed E-state index contributed by atoms with van der Waals surface area (Å²) < 4.78 is 12.9. The van der Waals surface area contributed by atoms with Crippen LogP contribution < -0.4 is 10.2 Å². The molecule has 0 bridgehead atoms. The number of nitrogens with zero attached hydrogens (tertiary/aromatic N) is 2. The number of piperazine rings is 1. The molecule has 1 aliphatic rings. The number of benzene rings is 1. The Morgan fingerprint density at radius 3 is 2.27 bits per heavy atom. The van der Waals surface area contributed by atoms with Crippen molar-refractivity contribution in [3.05, 3.63) is 30.1 Å². The lowest BCUT2D eigenvalue weighted by Gasteiger charge is -2.36. The highest BCUT2D eigenvalue weighted by Crippen LogP contribution is 2.16. The van der Waals surface area contributed by atoms with Gasteiger partial charge < -0.3 is 10.2 Å². The van der Waals surface area contributed by atoms with Gasteiger partial charge in [-0.05, 0) is 37.1 Å². The van der Waals surface area contributed by atoms with E-state index in [1.165, 1.54) is 12.1 Å². The van der Waals surface area contributed by atoms with Crippen molar-refractivity contribution in [2.75, 3.05) is 37.6 Å². The zero-order valence-electron chi connectivity index (χ0n) is 13.7. The minimum atomic E-state index is -0.210. The van der Waals surface area contributed by atoms with Gasteiger partial charge in [-0.2, -0.15) is 0 Å². The SMILES string of the molecule is CC(C)[C@@H](C)NC(=O)CN1CCN(c2ccc(F)cc2)CC1. The predicted octanol–water partition coefficient (Wildman–Crippen LogP) is 2.11. The monoisotopic (exact) mass is 307 g/mol. The van der Waals surface area contributed by atoms with E-state index in [1.54, 1.807) is 0 Å². The number of hydrogen-bond donors (Lipinski definition) is 1. The first-order valence-corrected chi connectivity index (χ1v) is 7.98. The van der Waals surface area contributed by atoms with E-state index in [-0.39, 0.29) is 17.8 Å². The van der Waals surface area contributed by atoms with Gasteiger partial charge in [-0.3, -0.25) is 9.69 Å². The van der Waals surface area contributed by atoms with Gasteiger partial charge in [-0.15, -0.1) is 0 Å². The zero-order chi connectivity index (χ0) is 16.1. The zero-order valence-corrected chi connectivity index (χ0v) is 13.7. The highest BCUT2D eigenvalue weighted by molar-refractivity contribution is 5.78. The summed E-state index contributed by atoms with van der Waals surface area (Å²) in [6.07, 6.45) is 0. The van der Waals surface area contributed by atoms with Crippen LogP contribution in [0.1, 0.15) is 20.8 Å². The van der Waals surface area contributed by atoms with Crippen molar-refractivity contribution >= 4 is 11.6 Å². The first-order chi connectivity index (χ1) is 10.5. The van der Waals surface area contributed by atoms with Gasteiger partial charge in [0.1, 0.15) is 5.82 Å². The molecule has 1 saturated heterocycles. The standard InChI is InChI=1S/C17H26FN3O/c1-13(2)14(3)19-17(22)12-20-8-10-21(11-9-20)16-6-4-15(18)5-7-16/h4-7,13-14H,8-12H2,1-3H3,(H,19,22)/t14-/m1/s1. The fraction of sp³-hybridized carbons (Fsp3) is 0.588. The van der Waals surface area contributed by atoms with Crippen LogP contribution in [0.15, 0.2) is 24.3 Å². The largest absolute Gasteiger partial charge is 0.369 e. The van der Waals surface area contributed by atoms with Gasteiger partial charge >= 0.3 is 0 Å². The molecule has 0 unspecified atom stereocenters. The lowest BCUT2D eigenvalue weighted by molar-refractivity contribution is -0.123. The molecule has 1 heterocycles. The number of carbonyl (C=O) groups is 1. The van der Waals surface area contributed by atoms with E-state index in [1.807, 2.05) is 19.1 Å². The first-order valence-electron chi connectivity index (χ1n) is 7.98. The van der Waals surface area contributed by atoms with E-state index in [2.05, 4.69) is 29.0 Å². The topological polar surface area (TPSA) is 35.6 Å². The van der Waals surface area contributed by atoms with Crippen LogP contribution in [0, 0.1) is 11.7 Å². The molecule has 1 N–H and O–H groups in total. The predicted molar refractivity (Wildman–Crippen MR) is 87.5 cm³/mol. The number of nitrogens with one attached hydrogen (secondary N) is 1. The maximum atomic E-state index is 12.9. The average Bonchev–Trinajstić information content (AvgIpc) is 2.48. The van der Waals surface area contributed by atoms with Crippen molar-refractivity contribution in [3.63, 3.8) is 0 Å². The molecule has 1 aromatic carbocycles. The Bertz CT molecular complexity index is 481. The van der Waals surface area contributed by atoms with Gasteiger partial charge in [-0.25, -0.2) is 4.39 Å². The second-order valence-corrected chi connectivity index (χ2v) is 6.34. The van der Waals surface area contributed by atoms with Crippen molar-refractivity contribution < 1.29 is 9.18 Å². The molecule has 0 aliphatic carbocycles. The summed E-state index contributed by atoms with van der Waals surface area (Å²) >= 11 is 0. The molecule has 1 aliphatic heterocycles. The molecule has 4 nitrogen and oxygen atoms in total. The van der Waals surface area contributed by atoms with Gasteiger partial charge in [0, 0.05) is 37.9 Å². The van der Waals surface area contributed by atoms with Crippen LogP contribution in [-0.4, -0.2) is 49.6 Å². The number of anilines is 1. The molecule has 122 valence electrons. The Hall–Kier alpha value is -1.62. The third-order valence-corrected chi connectivity index (χ3v) is 4.32. The maximum absolute atomic E-state index is 12.9. The molecular formula is C17H26FN3O. The van der Waals surface area contributed by atoms with E-state index < -0.39 is 0 Å². The van der Waals surface area contributed by atoms with E-state index in [4.69, 9.17) is 0 Å². The van der Waals surface area contributed by atoms with E-state index in [9.17, 15) is 9.18 Å². The van der Waals surface area contributed by atoms with Crippen LogP contribution in [0.3, 0.4) is 0 Å². The van der Waals surface area contributed by atoms with Crippen molar-refractivity contribution in [2.24, 2.45) is 5.92 Å². The molecule has 2 rings (SSSR count). The summed E-state index contributed by atoms with van der Waals surface area (Å²) in [5, 5.41) is 3.04. The molecular weight excluding hydrogens is 281 g/mol. The molecule has 1 aromatic rings. The number of amides is 1. The molecule has 0 aromatic heterocycles. The van der Waals surface area contributed by atoms with Gasteiger partial charge in [0.15, 0.2) is 0 Å². The fourth-order valence-electron chi connectivity index (χ4n) is 2.49. The number of halogens is 1. The van der Waals surface area contributed by atoms with E-state index in [0.717, 1.165) is 31.9 Å². The van der Waals surface area contributed by atoms with Crippen molar-refractivity contribution in [2.45, 2.75) is 26.8 Å². The third kappa shape index (κ3) is 4.70. The lowest BCUT2D eigenvalue weighted by Crippen LogP contribution is -2.50. The quantitative estimate of drug-likeness (QED) is 0.905. The fourth-order valence-corrected chi connectivity index (χ4v) is 2.49. The Balaban J connectivity index is 1.77. The minimum Gasteiger partial charge on any atom is -0.369 e. The van der Waals surface area contributed by atoms with Crippen LogP contribution in [0.4, 0.5) is 10.1 Å². The normalized spacial score (nSPS) is 17.6. The summed E-state index contributed by atoms with van der Waals surface area (Å²) in [7, 11) is 0. The molecule has 0 saturated carbocycles. The van der Waals surface area contributed by atoms with Crippen molar-refractivity contribution in [1.82, 2.24) is 10.2 Å². The van der Waals surface area contributed by atoms with E-state index in [0.29, 0.717) is 12.5 Å². The lowest BCUT2D eigenvalue weighted by atomic mass is 10.1. The van der Waals surface area contributed by atoms with Crippen LogP contribution >= 0.6 is 0 Å². The highest BCUT2D eigenvalue weighted by atomic mass is 19.1. The summed E-state index contributed by atoms with van der Waals surface area (Å²) in [6.45, 7) is 10.1. The van der Waals surface area contributed by atoms with Crippen LogP contribution in [-0.2, 0) is 4.79 Å². The summed E-state index contributed by atoms with van der Waals surface area (Å²) in [5.41, 5.74) is 1.04. The van der Waals surface area contributed by atoms with Gasteiger partial charge in [-0.1, -0.05) is 13.8 Å².